The molecule has 2 amide bonds. The van der Waals surface area contributed by atoms with Gasteiger partial charge in [0.25, 0.3) is 11.1 Å². The summed E-state index contributed by atoms with van der Waals surface area (Å²) in [5.41, 5.74) is 2.90. The molecule has 0 atom stereocenters. The second-order valence-corrected chi connectivity index (χ2v) is 11.5. The number of ether oxygens (including phenoxy) is 1. The highest BCUT2D eigenvalue weighted by molar-refractivity contribution is 14.1. The molecule has 3 aromatic rings. The molecule has 0 N–H and O–H groups in total. The van der Waals surface area contributed by atoms with Gasteiger partial charge < -0.3 is 4.74 Å². The number of carbonyl (C=O) groups is 2. The van der Waals surface area contributed by atoms with Gasteiger partial charge >= 0.3 is 0 Å². The number of halogens is 3. The van der Waals surface area contributed by atoms with Crippen molar-refractivity contribution in [2.24, 2.45) is 0 Å². The maximum atomic E-state index is 12.9. The minimum absolute atomic E-state index is 0.244. The van der Waals surface area contributed by atoms with Crippen molar-refractivity contribution in [1.29, 1.82) is 0 Å². The number of imide groups is 1. The van der Waals surface area contributed by atoms with Gasteiger partial charge in [0.05, 0.1) is 18.6 Å². The predicted octanol–water partition coefficient (Wildman–Crippen LogP) is 7.32. The molecule has 1 aliphatic rings. The fourth-order valence-corrected chi connectivity index (χ4v) is 6.42. The number of carbonyl (C=O) groups excluding carboxylic acids is 2. The largest absolute Gasteiger partial charge is 0.487 e. The van der Waals surface area contributed by atoms with Gasteiger partial charge in [-0.15, -0.1) is 0 Å². The highest BCUT2D eigenvalue weighted by atomic mass is 127. The van der Waals surface area contributed by atoms with Crippen LogP contribution in [-0.4, -0.2) is 16.0 Å². The van der Waals surface area contributed by atoms with Crippen molar-refractivity contribution in [3.63, 3.8) is 0 Å². The quantitative estimate of drug-likeness (QED) is 0.195. The van der Waals surface area contributed by atoms with Crippen LogP contribution in [0.3, 0.4) is 0 Å². The fraction of sp³-hybridized carbons (Fsp3) is 0.0833. The Kier molecular flexibility index (Phi) is 8.16. The van der Waals surface area contributed by atoms with Gasteiger partial charge in [-0.2, -0.15) is 0 Å². The summed E-state index contributed by atoms with van der Waals surface area (Å²) in [4.78, 5) is 27.1. The van der Waals surface area contributed by atoms with Gasteiger partial charge in [-0.1, -0.05) is 42.5 Å². The molecule has 8 heteroatoms. The Morgan fingerprint density at radius 3 is 2.19 bits per heavy atom. The standard InChI is InChI=1S/C24H16I3NO3S/c25-18-8-6-15(7-9-18)13-28-23(29)21(32-24(28)30)12-17-10-19(26)22(20(27)11-17)31-14-16-4-2-1-3-5-16/h1-12H,13-14H2/b21-12+. The first kappa shape index (κ1) is 24.0. The molecule has 162 valence electrons. The molecule has 1 saturated heterocycles. The average Bonchev–Trinajstić information content (AvgIpc) is 3.02. The van der Waals surface area contributed by atoms with E-state index in [0.29, 0.717) is 11.5 Å². The van der Waals surface area contributed by atoms with Crippen molar-refractivity contribution in [2.45, 2.75) is 13.2 Å². The zero-order valence-corrected chi connectivity index (χ0v) is 23.8. The van der Waals surface area contributed by atoms with Crippen molar-refractivity contribution < 1.29 is 14.3 Å². The Balaban J connectivity index is 1.50. The number of rotatable bonds is 6. The van der Waals surface area contributed by atoms with E-state index in [1.165, 1.54) is 4.90 Å². The summed E-state index contributed by atoms with van der Waals surface area (Å²) < 4.78 is 9.06. The number of nitrogens with zero attached hydrogens (tertiary/aromatic N) is 1. The van der Waals surface area contributed by atoms with Crippen molar-refractivity contribution in [3.8, 4) is 5.75 Å². The van der Waals surface area contributed by atoms with Crippen LogP contribution in [0.1, 0.15) is 16.7 Å². The molecule has 0 aromatic heterocycles. The van der Waals surface area contributed by atoms with E-state index in [2.05, 4.69) is 67.8 Å². The second kappa shape index (κ2) is 10.9. The first-order chi connectivity index (χ1) is 15.4. The lowest BCUT2D eigenvalue weighted by Crippen LogP contribution is -2.27. The zero-order chi connectivity index (χ0) is 22.7. The van der Waals surface area contributed by atoms with Crippen LogP contribution in [0.2, 0.25) is 0 Å². The molecule has 0 spiro atoms. The Hall–Kier alpha value is -1.12. The molecule has 1 heterocycles. The third kappa shape index (κ3) is 5.86. The highest BCUT2D eigenvalue weighted by Gasteiger charge is 2.35. The lowest BCUT2D eigenvalue weighted by Gasteiger charge is -2.13. The summed E-state index contributed by atoms with van der Waals surface area (Å²) in [6.07, 6.45) is 1.78. The molecule has 1 aliphatic heterocycles. The van der Waals surface area contributed by atoms with Gasteiger partial charge in [0.2, 0.25) is 0 Å². The topological polar surface area (TPSA) is 46.6 Å². The molecular weight excluding hydrogens is 763 g/mol. The smallest absolute Gasteiger partial charge is 0.293 e. The van der Waals surface area contributed by atoms with Gasteiger partial charge in [0.1, 0.15) is 12.4 Å². The summed E-state index contributed by atoms with van der Waals surface area (Å²) in [7, 11) is 0. The third-order valence-corrected chi connectivity index (χ3v) is 7.90. The summed E-state index contributed by atoms with van der Waals surface area (Å²) in [6.45, 7) is 0.768. The van der Waals surface area contributed by atoms with Crippen molar-refractivity contribution in [1.82, 2.24) is 4.90 Å². The van der Waals surface area contributed by atoms with Crippen molar-refractivity contribution >= 4 is 96.8 Å². The Labute approximate surface area is 231 Å². The number of hydrogen-bond donors (Lipinski definition) is 0. The predicted molar refractivity (Wildman–Crippen MR) is 153 cm³/mol. The second-order valence-electron chi connectivity index (χ2n) is 6.98. The molecule has 3 aromatic carbocycles. The Morgan fingerprint density at radius 1 is 0.875 bits per heavy atom. The van der Waals surface area contributed by atoms with Gasteiger partial charge in [-0.3, -0.25) is 14.5 Å². The van der Waals surface area contributed by atoms with Crippen LogP contribution >= 0.6 is 79.5 Å². The summed E-state index contributed by atoms with van der Waals surface area (Å²) in [6, 6.07) is 21.8. The molecule has 0 bridgehead atoms. The first-order valence-corrected chi connectivity index (χ1v) is 13.6. The first-order valence-electron chi connectivity index (χ1n) is 9.56. The van der Waals surface area contributed by atoms with Gasteiger partial charge in [-0.25, -0.2) is 0 Å². The minimum Gasteiger partial charge on any atom is -0.487 e. The van der Waals surface area contributed by atoms with Crippen LogP contribution in [0.5, 0.6) is 5.75 Å². The number of hydrogen-bond acceptors (Lipinski definition) is 4. The van der Waals surface area contributed by atoms with Crippen molar-refractivity contribution in [3.05, 3.63) is 99.0 Å². The maximum absolute atomic E-state index is 12.9. The lowest BCUT2D eigenvalue weighted by atomic mass is 10.2. The van der Waals surface area contributed by atoms with E-state index in [-0.39, 0.29) is 17.7 Å². The average molecular weight is 779 g/mol. The van der Waals surface area contributed by atoms with E-state index in [4.69, 9.17) is 4.74 Å². The zero-order valence-electron chi connectivity index (χ0n) is 16.6. The van der Waals surface area contributed by atoms with Crippen LogP contribution in [0.25, 0.3) is 6.08 Å². The summed E-state index contributed by atoms with van der Waals surface area (Å²) in [5.74, 6) is 0.562. The third-order valence-electron chi connectivity index (χ3n) is 4.67. The summed E-state index contributed by atoms with van der Waals surface area (Å²) >= 11 is 7.70. The van der Waals surface area contributed by atoms with Crippen LogP contribution in [0.4, 0.5) is 4.79 Å². The molecule has 4 rings (SSSR count). The van der Waals surface area contributed by atoms with E-state index in [0.717, 1.165) is 44.9 Å². The van der Waals surface area contributed by atoms with Gasteiger partial charge in [0.15, 0.2) is 0 Å². The van der Waals surface area contributed by atoms with Crippen LogP contribution in [0.15, 0.2) is 71.6 Å². The molecule has 0 saturated carbocycles. The van der Waals surface area contributed by atoms with E-state index < -0.39 is 0 Å². The minimum atomic E-state index is -0.257. The fourth-order valence-electron chi connectivity index (χ4n) is 3.09. The molecule has 0 aliphatic carbocycles. The lowest BCUT2D eigenvalue weighted by molar-refractivity contribution is -0.123. The molecular formula is C24H16I3NO3S. The van der Waals surface area contributed by atoms with E-state index in [1.54, 1.807) is 6.08 Å². The van der Waals surface area contributed by atoms with E-state index in [9.17, 15) is 9.59 Å². The highest BCUT2D eigenvalue weighted by Crippen LogP contribution is 2.35. The molecule has 32 heavy (non-hydrogen) atoms. The Morgan fingerprint density at radius 2 is 1.53 bits per heavy atom. The van der Waals surface area contributed by atoms with E-state index >= 15 is 0 Å². The number of thioether (sulfide) groups is 1. The number of benzene rings is 3. The van der Waals surface area contributed by atoms with Crippen LogP contribution in [-0.2, 0) is 17.9 Å². The number of amides is 2. The molecule has 4 nitrogen and oxygen atoms in total. The monoisotopic (exact) mass is 779 g/mol. The summed E-state index contributed by atoms with van der Waals surface area (Å²) in [5, 5.41) is -0.244. The van der Waals surface area contributed by atoms with Gasteiger partial charge in [0, 0.05) is 3.57 Å². The molecule has 1 fully saturated rings. The van der Waals surface area contributed by atoms with E-state index in [1.807, 2.05) is 66.7 Å². The maximum Gasteiger partial charge on any atom is 0.293 e. The van der Waals surface area contributed by atoms with Crippen LogP contribution < -0.4 is 4.74 Å². The Bertz CT molecular complexity index is 1170. The normalized spacial score (nSPS) is 15.0. The van der Waals surface area contributed by atoms with Crippen molar-refractivity contribution in [2.75, 3.05) is 0 Å². The molecule has 0 unspecified atom stereocenters. The molecule has 0 radical (unpaired) electrons. The van der Waals surface area contributed by atoms with Gasteiger partial charge in [-0.05, 0) is 127 Å². The SMILES string of the molecule is O=C1S/C(=C/c2cc(I)c(OCc3ccccc3)c(I)c2)C(=O)N1Cc1ccc(I)cc1. The van der Waals surface area contributed by atoms with Crippen LogP contribution in [0, 0.1) is 10.7 Å².